The van der Waals surface area contributed by atoms with Crippen LogP contribution >= 0.6 is 0 Å². The van der Waals surface area contributed by atoms with E-state index >= 15 is 0 Å². The Morgan fingerprint density at radius 2 is 1.42 bits per heavy atom. The van der Waals surface area contributed by atoms with Crippen molar-refractivity contribution in [3.63, 3.8) is 0 Å². The summed E-state index contributed by atoms with van der Waals surface area (Å²) in [5.41, 5.74) is 7.21. The van der Waals surface area contributed by atoms with Crippen molar-refractivity contribution >= 4 is 12.2 Å². The summed E-state index contributed by atoms with van der Waals surface area (Å²) in [5, 5.41) is 5.85. The lowest BCUT2D eigenvalue weighted by Gasteiger charge is -2.22. The summed E-state index contributed by atoms with van der Waals surface area (Å²) in [6.45, 7) is 0. The average molecular weight is 402 g/mol. The molecule has 1 heterocycles. The van der Waals surface area contributed by atoms with E-state index in [2.05, 4.69) is 84.2 Å². The predicted molar refractivity (Wildman–Crippen MR) is 132 cm³/mol. The van der Waals surface area contributed by atoms with Crippen molar-refractivity contribution in [1.29, 1.82) is 0 Å². The third-order valence-corrected chi connectivity index (χ3v) is 6.25. The number of allylic oxidation sites excluding steroid dienone is 4. The van der Waals surface area contributed by atoms with Crippen LogP contribution in [0.1, 0.15) is 29.0 Å². The van der Waals surface area contributed by atoms with E-state index in [4.69, 9.17) is 0 Å². The third kappa shape index (κ3) is 4.18. The van der Waals surface area contributed by atoms with Crippen LogP contribution in [0.15, 0.2) is 103 Å². The Labute approximate surface area is 184 Å². The molecule has 3 aromatic rings. The molecule has 0 radical (unpaired) electrons. The molecule has 1 N–H and O–H groups in total. The molecule has 1 heteroatoms. The maximum atomic E-state index is 2.92. The molecule has 0 bridgehead atoms. The largest absolute Gasteiger partial charge is 0.368 e. The summed E-state index contributed by atoms with van der Waals surface area (Å²) in [4.78, 5) is 0. The molecule has 0 spiro atoms. The molecule has 1 atom stereocenters. The van der Waals surface area contributed by atoms with Gasteiger partial charge in [-0.15, -0.1) is 0 Å². The molecule has 0 saturated carbocycles. The fraction of sp³-hybridized carbons (Fsp3) is 0.133. The van der Waals surface area contributed by atoms with Crippen LogP contribution in [0.4, 0.5) is 0 Å². The number of rotatable bonds is 1. The number of hydrogen-bond acceptors (Lipinski definition) is 1. The summed E-state index contributed by atoms with van der Waals surface area (Å²) in [7, 11) is 0. The molecule has 0 saturated heterocycles. The zero-order valence-electron chi connectivity index (χ0n) is 17.7. The van der Waals surface area contributed by atoms with Gasteiger partial charge >= 0.3 is 0 Å². The van der Waals surface area contributed by atoms with Crippen LogP contribution in [0.2, 0.25) is 0 Å². The van der Waals surface area contributed by atoms with E-state index in [0.717, 1.165) is 6.42 Å². The van der Waals surface area contributed by atoms with Gasteiger partial charge in [0, 0.05) is 18.3 Å². The van der Waals surface area contributed by atoms with E-state index in [1.54, 1.807) is 0 Å². The molecule has 0 amide bonds. The first kappa shape index (κ1) is 19.4. The van der Waals surface area contributed by atoms with Gasteiger partial charge in [0.2, 0.25) is 0 Å². The topological polar surface area (TPSA) is 12.0 Å². The third-order valence-electron chi connectivity index (χ3n) is 6.25. The Hall–Kier alpha value is -3.58. The van der Waals surface area contributed by atoms with Crippen molar-refractivity contribution in [1.82, 2.24) is 5.32 Å². The molecule has 6 rings (SSSR count). The Bertz CT molecular complexity index is 1260. The predicted octanol–water partition coefficient (Wildman–Crippen LogP) is 5.37. The lowest BCUT2D eigenvalue weighted by Crippen LogP contribution is -2.35. The first-order valence-electron chi connectivity index (χ1n) is 11.1. The SMILES string of the molecule is C1=CC=CNC=C1.C1=c2c(ccc3c2=CCc2ccccc2-3)CCC1c1ccccc1. The van der Waals surface area contributed by atoms with Crippen molar-refractivity contribution in [3.8, 4) is 11.1 Å². The van der Waals surface area contributed by atoms with Crippen molar-refractivity contribution in [2.75, 3.05) is 0 Å². The second-order valence-corrected chi connectivity index (χ2v) is 8.16. The number of fused-ring (bicyclic) bond motifs is 5. The molecular formula is C30H27N. The highest BCUT2D eigenvalue weighted by atomic mass is 14.8. The fourth-order valence-corrected chi connectivity index (χ4v) is 4.69. The van der Waals surface area contributed by atoms with Gasteiger partial charge in [0.15, 0.2) is 0 Å². The van der Waals surface area contributed by atoms with Crippen molar-refractivity contribution < 1.29 is 0 Å². The molecule has 31 heavy (non-hydrogen) atoms. The smallest absolute Gasteiger partial charge is 0.00304 e. The van der Waals surface area contributed by atoms with E-state index in [9.17, 15) is 0 Å². The van der Waals surface area contributed by atoms with Crippen LogP contribution in [-0.4, -0.2) is 0 Å². The summed E-state index contributed by atoms with van der Waals surface area (Å²) < 4.78 is 0. The molecule has 1 unspecified atom stereocenters. The zero-order valence-corrected chi connectivity index (χ0v) is 17.7. The molecule has 2 aliphatic carbocycles. The number of aryl methyl sites for hydroxylation is 1. The normalized spacial score (nSPS) is 17.4. The molecule has 0 fully saturated rings. The Balaban J connectivity index is 0.000000250. The van der Waals surface area contributed by atoms with Gasteiger partial charge in [-0.2, -0.15) is 0 Å². The Morgan fingerprint density at radius 3 is 2.26 bits per heavy atom. The summed E-state index contributed by atoms with van der Waals surface area (Å²) in [5.74, 6) is 0.538. The molecule has 1 nitrogen and oxygen atoms in total. The maximum Gasteiger partial charge on any atom is 0.00304 e. The highest BCUT2D eigenvalue weighted by molar-refractivity contribution is 5.74. The van der Waals surface area contributed by atoms with Gasteiger partial charge in [-0.1, -0.05) is 91.0 Å². The van der Waals surface area contributed by atoms with Gasteiger partial charge < -0.3 is 5.32 Å². The number of nitrogens with one attached hydrogen (secondary N) is 1. The molecule has 0 aromatic heterocycles. The molecule has 152 valence electrons. The molecular weight excluding hydrogens is 374 g/mol. The van der Waals surface area contributed by atoms with Crippen LogP contribution in [0, 0.1) is 0 Å². The van der Waals surface area contributed by atoms with Gasteiger partial charge in [0.1, 0.15) is 0 Å². The Morgan fingerprint density at radius 1 is 0.645 bits per heavy atom. The van der Waals surface area contributed by atoms with Crippen LogP contribution in [0.5, 0.6) is 0 Å². The lowest BCUT2D eigenvalue weighted by molar-refractivity contribution is 0.739. The molecule has 3 aliphatic rings. The van der Waals surface area contributed by atoms with Gasteiger partial charge in [-0.05, 0) is 69.7 Å². The zero-order chi connectivity index (χ0) is 20.9. The quantitative estimate of drug-likeness (QED) is 0.578. The van der Waals surface area contributed by atoms with E-state index in [0.29, 0.717) is 5.92 Å². The van der Waals surface area contributed by atoms with E-state index in [1.165, 1.54) is 51.1 Å². The minimum absolute atomic E-state index is 0.538. The Kier molecular flexibility index (Phi) is 5.66. The minimum Gasteiger partial charge on any atom is -0.368 e. The highest BCUT2D eigenvalue weighted by Crippen LogP contribution is 2.28. The van der Waals surface area contributed by atoms with Gasteiger partial charge in [-0.3, -0.25) is 0 Å². The lowest BCUT2D eigenvalue weighted by atomic mass is 9.82. The summed E-state index contributed by atoms with van der Waals surface area (Å²) in [6, 6.07) is 24.4. The number of hydrogen-bond donors (Lipinski definition) is 1. The van der Waals surface area contributed by atoms with E-state index in [1.807, 2.05) is 36.7 Å². The average Bonchev–Trinajstić information content (AvgIpc) is 3.17. The molecule has 1 aliphatic heterocycles. The first-order valence-corrected chi connectivity index (χ1v) is 11.1. The molecule has 3 aromatic carbocycles. The van der Waals surface area contributed by atoms with Gasteiger partial charge in [0.25, 0.3) is 0 Å². The van der Waals surface area contributed by atoms with Crippen LogP contribution in [-0.2, 0) is 12.8 Å². The van der Waals surface area contributed by atoms with Crippen molar-refractivity contribution in [3.05, 3.63) is 131 Å². The van der Waals surface area contributed by atoms with Crippen LogP contribution in [0.25, 0.3) is 23.3 Å². The van der Waals surface area contributed by atoms with Crippen LogP contribution in [0.3, 0.4) is 0 Å². The standard InChI is InChI=1S/C24H20.C6H7N/c1-2-6-17(7-3-1)20-11-10-19-13-14-22-21-9-5-4-8-18(21)12-15-23(22)24(19)16-20;1-2-4-6-7-5-3-1/h1-9,13-16,20H,10-12H2;1-7H. The van der Waals surface area contributed by atoms with Gasteiger partial charge in [0.05, 0.1) is 0 Å². The van der Waals surface area contributed by atoms with E-state index in [-0.39, 0.29) is 0 Å². The monoisotopic (exact) mass is 401 g/mol. The maximum absolute atomic E-state index is 2.92. The highest BCUT2D eigenvalue weighted by Gasteiger charge is 2.18. The van der Waals surface area contributed by atoms with Crippen molar-refractivity contribution in [2.45, 2.75) is 25.2 Å². The summed E-state index contributed by atoms with van der Waals surface area (Å²) in [6.07, 6.45) is 20.0. The first-order chi connectivity index (χ1) is 15.4. The van der Waals surface area contributed by atoms with Gasteiger partial charge in [-0.25, -0.2) is 0 Å². The van der Waals surface area contributed by atoms with Crippen LogP contribution < -0.4 is 15.8 Å². The van der Waals surface area contributed by atoms with Crippen molar-refractivity contribution in [2.24, 2.45) is 0 Å². The van der Waals surface area contributed by atoms with E-state index < -0.39 is 0 Å². The second kappa shape index (κ2) is 9.06. The number of benzene rings is 3. The second-order valence-electron chi connectivity index (χ2n) is 8.16. The summed E-state index contributed by atoms with van der Waals surface area (Å²) >= 11 is 0. The minimum atomic E-state index is 0.538. The fourth-order valence-electron chi connectivity index (χ4n) is 4.69.